The summed E-state index contributed by atoms with van der Waals surface area (Å²) in [5, 5.41) is 9.71. The van der Waals surface area contributed by atoms with Gasteiger partial charge in [-0.2, -0.15) is 0 Å². The highest BCUT2D eigenvalue weighted by molar-refractivity contribution is 5.70. The molecular formula is C79H132O5. The van der Waals surface area contributed by atoms with Crippen molar-refractivity contribution in [2.45, 2.75) is 328 Å². The number of ether oxygens (including phenoxy) is 2. The molecule has 0 aromatic rings. The minimum Gasteiger partial charge on any atom is -0.462 e. The topological polar surface area (TPSA) is 72.8 Å². The van der Waals surface area contributed by atoms with Crippen LogP contribution in [0, 0.1) is 0 Å². The maximum atomic E-state index is 12.4. The van der Waals surface area contributed by atoms with E-state index in [9.17, 15) is 14.7 Å². The number of aliphatic hydroxyl groups is 1. The molecule has 0 saturated heterocycles. The quantitative estimate of drug-likeness (QED) is 0.0373. The number of aliphatic hydroxyl groups excluding tert-OH is 1. The van der Waals surface area contributed by atoms with Crippen LogP contribution >= 0.6 is 0 Å². The Morgan fingerprint density at radius 3 is 0.714 bits per heavy atom. The number of allylic oxidation sites excluding steroid dienone is 24. The van der Waals surface area contributed by atoms with E-state index < -0.39 is 6.10 Å². The summed E-state index contributed by atoms with van der Waals surface area (Å²) in [6.45, 7) is 3.93. The molecule has 0 radical (unpaired) electrons. The average molecular weight is 1160 g/mol. The van der Waals surface area contributed by atoms with Gasteiger partial charge in [-0.1, -0.05) is 339 Å². The third-order valence-corrected chi connectivity index (χ3v) is 15.1. The Kier molecular flexibility index (Phi) is 69.4. The molecule has 1 atom stereocenters. The molecule has 0 aliphatic carbocycles. The minimum absolute atomic E-state index is 0.0704. The van der Waals surface area contributed by atoms with Crippen LogP contribution in [0.1, 0.15) is 322 Å². The first kappa shape index (κ1) is 79.8. The Morgan fingerprint density at radius 2 is 0.476 bits per heavy atom. The van der Waals surface area contributed by atoms with Gasteiger partial charge in [0.2, 0.25) is 0 Å². The zero-order valence-electron chi connectivity index (χ0n) is 54.9. The Labute approximate surface area is 520 Å². The molecule has 0 bridgehead atoms. The Hall–Kier alpha value is -4.22. The summed E-state index contributed by atoms with van der Waals surface area (Å²) in [6.07, 6.45) is 110. The number of unbranched alkanes of at least 4 members (excludes halogenated alkanes) is 32. The maximum Gasteiger partial charge on any atom is 0.306 e. The minimum atomic E-state index is -0.781. The van der Waals surface area contributed by atoms with Crippen LogP contribution in [0.15, 0.2) is 146 Å². The summed E-state index contributed by atoms with van der Waals surface area (Å²) in [4.78, 5) is 24.7. The van der Waals surface area contributed by atoms with Gasteiger partial charge in [0.1, 0.15) is 6.61 Å². The van der Waals surface area contributed by atoms with E-state index in [1.54, 1.807) is 0 Å². The first-order valence-corrected chi connectivity index (χ1v) is 35.4. The van der Waals surface area contributed by atoms with Crippen molar-refractivity contribution in [2.75, 3.05) is 13.2 Å². The third-order valence-electron chi connectivity index (χ3n) is 15.1. The summed E-state index contributed by atoms with van der Waals surface area (Å²) in [5.74, 6) is -0.587. The molecule has 0 heterocycles. The number of rotatable bonds is 64. The van der Waals surface area contributed by atoms with E-state index in [-0.39, 0.29) is 25.2 Å². The van der Waals surface area contributed by atoms with E-state index >= 15 is 0 Å². The highest BCUT2D eigenvalue weighted by Gasteiger charge is 2.16. The number of esters is 2. The maximum absolute atomic E-state index is 12.4. The zero-order valence-corrected chi connectivity index (χ0v) is 54.9. The molecule has 0 aromatic carbocycles. The van der Waals surface area contributed by atoms with Gasteiger partial charge < -0.3 is 14.6 Å². The van der Waals surface area contributed by atoms with Crippen molar-refractivity contribution in [1.82, 2.24) is 0 Å². The van der Waals surface area contributed by atoms with E-state index in [0.717, 1.165) is 116 Å². The lowest BCUT2D eigenvalue weighted by molar-refractivity contribution is -0.161. The van der Waals surface area contributed by atoms with Gasteiger partial charge in [-0.25, -0.2) is 0 Å². The molecular weight excluding hydrogens is 1030 g/mol. The molecule has 0 aliphatic heterocycles. The fourth-order valence-corrected chi connectivity index (χ4v) is 9.92. The Morgan fingerprint density at radius 1 is 0.274 bits per heavy atom. The summed E-state index contributed by atoms with van der Waals surface area (Å²) < 4.78 is 10.8. The molecule has 1 N–H and O–H groups in total. The van der Waals surface area contributed by atoms with E-state index in [0.29, 0.717) is 12.8 Å². The normalized spacial score (nSPS) is 13.1. The zero-order chi connectivity index (χ0) is 60.5. The van der Waals surface area contributed by atoms with Crippen LogP contribution in [0.3, 0.4) is 0 Å². The predicted molar refractivity (Wildman–Crippen MR) is 371 cm³/mol. The van der Waals surface area contributed by atoms with Crippen LogP contribution in [0.4, 0.5) is 0 Å². The molecule has 0 aromatic heterocycles. The highest BCUT2D eigenvalue weighted by atomic mass is 16.6. The molecule has 5 nitrogen and oxygen atoms in total. The van der Waals surface area contributed by atoms with Crippen molar-refractivity contribution >= 4 is 11.9 Å². The first-order chi connectivity index (χ1) is 41.6. The fraction of sp³-hybridized carbons (Fsp3) is 0.671. The summed E-state index contributed by atoms with van der Waals surface area (Å²) >= 11 is 0. The van der Waals surface area contributed by atoms with E-state index in [2.05, 4.69) is 160 Å². The molecule has 5 heteroatoms. The lowest BCUT2D eigenvalue weighted by atomic mass is 10.0. The van der Waals surface area contributed by atoms with Gasteiger partial charge >= 0.3 is 11.9 Å². The van der Waals surface area contributed by atoms with Crippen LogP contribution in [-0.2, 0) is 19.1 Å². The lowest BCUT2D eigenvalue weighted by Gasteiger charge is -2.15. The third kappa shape index (κ3) is 70.3. The van der Waals surface area contributed by atoms with Gasteiger partial charge in [-0.3, -0.25) is 9.59 Å². The summed E-state index contributed by atoms with van der Waals surface area (Å²) in [5.41, 5.74) is 0. The summed E-state index contributed by atoms with van der Waals surface area (Å²) in [6, 6.07) is 0. The number of carbonyl (C=O) groups excluding carboxylic acids is 2. The van der Waals surface area contributed by atoms with Gasteiger partial charge in [0.05, 0.1) is 6.61 Å². The van der Waals surface area contributed by atoms with Gasteiger partial charge in [0.15, 0.2) is 6.10 Å². The molecule has 0 amide bonds. The van der Waals surface area contributed by atoms with Gasteiger partial charge in [-0.15, -0.1) is 0 Å². The van der Waals surface area contributed by atoms with Crippen LogP contribution in [0.25, 0.3) is 0 Å². The van der Waals surface area contributed by atoms with Crippen molar-refractivity contribution in [1.29, 1.82) is 0 Å². The fourth-order valence-electron chi connectivity index (χ4n) is 9.92. The van der Waals surface area contributed by atoms with Crippen LogP contribution in [-0.4, -0.2) is 36.4 Å². The predicted octanol–water partition coefficient (Wildman–Crippen LogP) is 24.9. The molecule has 478 valence electrons. The van der Waals surface area contributed by atoms with Crippen LogP contribution in [0.5, 0.6) is 0 Å². The van der Waals surface area contributed by atoms with Crippen molar-refractivity contribution in [3.8, 4) is 0 Å². The molecule has 0 rings (SSSR count). The van der Waals surface area contributed by atoms with E-state index in [1.807, 2.05) is 0 Å². The largest absolute Gasteiger partial charge is 0.462 e. The van der Waals surface area contributed by atoms with Crippen molar-refractivity contribution < 1.29 is 24.2 Å². The molecule has 0 fully saturated rings. The van der Waals surface area contributed by atoms with Gasteiger partial charge in [-0.05, 0) is 116 Å². The second-order valence-electron chi connectivity index (χ2n) is 23.2. The van der Waals surface area contributed by atoms with E-state index in [1.165, 1.54) is 180 Å². The lowest BCUT2D eigenvalue weighted by Crippen LogP contribution is -2.28. The van der Waals surface area contributed by atoms with Gasteiger partial charge in [0, 0.05) is 12.8 Å². The van der Waals surface area contributed by atoms with Crippen LogP contribution in [0.2, 0.25) is 0 Å². The molecule has 84 heavy (non-hydrogen) atoms. The SMILES string of the molecule is CC/C=C\C/C=C\C/C=C\C/C=C\C/C=C\C/C=C\CCCCCCCCCCCCCCCCCCCCCCC(=O)OC(CO)COC(=O)CCCCCCCCCCCCCC/C=C\C/C=C\C/C=C\C/C=C\C/C=C\C/C=C\CC. The molecule has 1 unspecified atom stereocenters. The second-order valence-corrected chi connectivity index (χ2v) is 23.2. The number of carbonyl (C=O) groups is 2. The average Bonchev–Trinajstić information content (AvgIpc) is 3.51. The Bertz CT molecular complexity index is 1750. The van der Waals surface area contributed by atoms with Gasteiger partial charge in [0.25, 0.3) is 0 Å². The number of hydrogen-bond donors (Lipinski definition) is 1. The van der Waals surface area contributed by atoms with E-state index in [4.69, 9.17) is 9.47 Å². The second kappa shape index (κ2) is 73.0. The van der Waals surface area contributed by atoms with Crippen molar-refractivity contribution in [3.63, 3.8) is 0 Å². The smallest absolute Gasteiger partial charge is 0.306 e. The summed E-state index contributed by atoms with van der Waals surface area (Å²) in [7, 11) is 0. The van der Waals surface area contributed by atoms with Crippen molar-refractivity contribution in [2.24, 2.45) is 0 Å². The monoisotopic (exact) mass is 1160 g/mol. The highest BCUT2D eigenvalue weighted by Crippen LogP contribution is 2.17. The first-order valence-electron chi connectivity index (χ1n) is 35.4. The Balaban J connectivity index is 3.47. The standard InChI is InChI=1S/C79H132O5/c1-3-5-7-9-11-13-15-17-19-21-23-25-27-29-31-33-35-36-37-38-39-40-41-42-44-46-48-50-52-54-56-58-60-62-64-66-68-70-72-74-79(82)84-77(75-80)76-83-78(81)73-71-69-67-65-63-61-59-57-55-53-51-49-47-45-43-34-32-30-28-26-24-22-20-18-16-14-12-10-8-6-4-2/h5-8,11-14,17-20,23-26,29-32,35-36,43,45,77,80H,3-4,9-10,15-16,21-22,27-28,33-34,37-42,44,46-76H2,1-2H3/b7-5-,8-6-,13-11-,14-12-,19-17-,20-18-,25-23-,26-24-,31-29-,32-30-,36-35-,45-43-. The van der Waals surface area contributed by atoms with Crippen LogP contribution < -0.4 is 0 Å². The molecule has 0 spiro atoms. The number of hydrogen-bond acceptors (Lipinski definition) is 5. The van der Waals surface area contributed by atoms with Crippen molar-refractivity contribution in [3.05, 3.63) is 146 Å². The molecule has 0 aliphatic rings. The molecule has 0 saturated carbocycles.